The zero-order chi connectivity index (χ0) is 13.4. The van der Waals surface area contributed by atoms with Crippen molar-refractivity contribution in [2.45, 2.75) is 37.7 Å². The summed E-state index contributed by atoms with van der Waals surface area (Å²) in [6.45, 7) is 4.11. The summed E-state index contributed by atoms with van der Waals surface area (Å²) in [4.78, 5) is 12.3. The van der Waals surface area contributed by atoms with E-state index in [0.717, 1.165) is 30.5 Å². The van der Waals surface area contributed by atoms with Crippen LogP contribution < -0.4 is 0 Å². The first kappa shape index (κ1) is 20.5. The third kappa shape index (κ3) is 6.92. The molecule has 0 bridgehead atoms. The summed E-state index contributed by atoms with van der Waals surface area (Å²) in [6.07, 6.45) is 3.17. The molecule has 0 aliphatic heterocycles. The number of amides is 1. The van der Waals surface area contributed by atoms with Gasteiger partial charge in [-0.1, -0.05) is 6.92 Å². The number of carbonyl (C=O) groups is 1. The molecule has 18 heavy (non-hydrogen) atoms. The Morgan fingerprint density at radius 2 is 2.00 bits per heavy atom. The molecular weight excluding hydrogens is 290 g/mol. The van der Waals surface area contributed by atoms with Gasteiger partial charge in [0.25, 0.3) is 0 Å². The molecule has 3 nitrogen and oxygen atoms in total. The normalized spacial score (nSPS) is 13.7. The van der Waals surface area contributed by atoms with Gasteiger partial charge in [-0.05, 0) is 37.7 Å². The number of aliphatic hydroxyl groups excluding tert-OH is 1. The number of allylic oxidation sites excluding steroid dienone is 1. The fourth-order valence-electron chi connectivity index (χ4n) is 1.92. The number of halogens is 1. The van der Waals surface area contributed by atoms with Gasteiger partial charge in [-0.25, -0.2) is 0 Å². The molecular formula is C12H24ClNO2S2. The lowest BCUT2D eigenvalue weighted by Crippen LogP contribution is -2.20. The highest BCUT2D eigenvalue weighted by atomic mass is 35.5. The summed E-state index contributed by atoms with van der Waals surface area (Å²) in [5, 5.41) is 9.14. The Bertz CT molecular complexity index is 273. The van der Waals surface area contributed by atoms with E-state index in [9.17, 15) is 4.79 Å². The van der Waals surface area contributed by atoms with Crippen molar-refractivity contribution in [3.05, 3.63) is 11.3 Å². The van der Waals surface area contributed by atoms with Crippen LogP contribution in [0.2, 0.25) is 0 Å². The van der Waals surface area contributed by atoms with Gasteiger partial charge in [-0.2, -0.15) is 25.3 Å². The predicted octanol–water partition coefficient (Wildman–Crippen LogP) is 2.75. The van der Waals surface area contributed by atoms with Crippen LogP contribution in [0.25, 0.3) is 0 Å². The number of aliphatic hydroxyl groups is 1. The maximum atomic E-state index is 10.8. The first-order valence-electron chi connectivity index (χ1n) is 5.82. The van der Waals surface area contributed by atoms with Crippen molar-refractivity contribution >= 4 is 44.1 Å². The lowest BCUT2D eigenvalue weighted by Gasteiger charge is -2.25. The summed E-state index contributed by atoms with van der Waals surface area (Å²) in [6, 6.07) is 0. The van der Waals surface area contributed by atoms with E-state index in [0.29, 0.717) is 12.3 Å². The quantitative estimate of drug-likeness (QED) is 0.366. The highest BCUT2D eigenvalue weighted by molar-refractivity contribution is 7.99. The number of nitrogens with zero attached hydrogens (tertiary/aromatic N) is 1. The highest BCUT2D eigenvalue weighted by Crippen LogP contribution is 2.29. The second-order valence-corrected chi connectivity index (χ2v) is 5.78. The average molecular weight is 314 g/mol. The van der Waals surface area contributed by atoms with Crippen LogP contribution in [0.4, 0.5) is 0 Å². The van der Waals surface area contributed by atoms with Crippen LogP contribution in [0, 0.1) is 5.92 Å². The average Bonchev–Trinajstić information content (AvgIpc) is 2.31. The van der Waals surface area contributed by atoms with Gasteiger partial charge in [0.15, 0.2) is 0 Å². The molecule has 0 saturated carbocycles. The Morgan fingerprint density at radius 3 is 2.33 bits per heavy atom. The van der Waals surface area contributed by atoms with Crippen LogP contribution in [-0.4, -0.2) is 34.7 Å². The maximum Gasteiger partial charge on any atom is 0.213 e. The number of carbonyl (C=O) groups excluding carboxylic acids is 1. The summed E-state index contributed by atoms with van der Waals surface area (Å²) < 4.78 is 0.0166. The predicted molar refractivity (Wildman–Crippen MR) is 85.6 cm³/mol. The molecule has 0 saturated heterocycles. The minimum atomic E-state index is 0. The summed E-state index contributed by atoms with van der Waals surface area (Å²) in [5.74, 6) is 0.310. The van der Waals surface area contributed by atoms with E-state index < -0.39 is 0 Å². The fraction of sp³-hybridized carbons (Fsp3) is 0.750. The van der Waals surface area contributed by atoms with Crippen molar-refractivity contribution in [2.24, 2.45) is 5.92 Å². The van der Waals surface area contributed by atoms with Crippen LogP contribution in [0.15, 0.2) is 11.3 Å². The molecule has 0 aromatic rings. The van der Waals surface area contributed by atoms with Crippen molar-refractivity contribution < 1.29 is 9.90 Å². The Balaban J connectivity index is 0. The molecule has 0 spiro atoms. The van der Waals surface area contributed by atoms with E-state index >= 15 is 0 Å². The van der Waals surface area contributed by atoms with Crippen molar-refractivity contribution in [3.8, 4) is 0 Å². The molecule has 1 amide bonds. The van der Waals surface area contributed by atoms with E-state index in [1.54, 1.807) is 11.9 Å². The van der Waals surface area contributed by atoms with Crippen LogP contribution >= 0.6 is 37.7 Å². The lowest BCUT2D eigenvalue weighted by molar-refractivity contribution is -0.115. The van der Waals surface area contributed by atoms with E-state index in [1.165, 1.54) is 0 Å². The summed E-state index contributed by atoms with van der Waals surface area (Å²) in [7, 11) is 1.73. The third-order valence-corrected chi connectivity index (χ3v) is 3.44. The van der Waals surface area contributed by atoms with Gasteiger partial charge in [0.1, 0.15) is 0 Å². The number of hydrogen-bond donors (Lipinski definition) is 3. The van der Waals surface area contributed by atoms with Crippen LogP contribution in [0.5, 0.6) is 0 Å². The Kier molecular flexibility index (Phi) is 12.5. The van der Waals surface area contributed by atoms with E-state index in [2.05, 4.69) is 32.2 Å². The number of thiol groups is 2. The van der Waals surface area contributed by atoms with Crippen LogP contribution in [0.3, 0.4) is 0 Å². The molecule has 0 rings (SSSR count). The highest BCUT2D eigenvalue weighted by Gasteiger charge is 2.18. The smallest absolute Gasteiger partial charge is 0.213 e. The Morgan fingerprint density at radius 1 is 1.44 bits per heavy atom. The minimum absolute atomic E-state index is 0. The summed E-state index contributed by atoms with van der Waals surface area (Å²) in [5.41, 5.74) is 2.04. The van der Waals surface area contributed by atoms with Crippen molar-refractivity contribution in [1.82, 2.24) is 4.90 Å². The van der Waals surface area contributed by atoms with Crippen LogP contribution in [-0.2, 0) is 4.79 Å². The van der Waals surface area contributed by atoms with E-state index in [1.807, 2.05) is 6.92 Å². The van der Waals surface area contributed by atoms with Crippen LogP contribution in [0.1, 0.15) is 33.1 Å². The molecule has 0 aliphatic rings. The SMILES string of the molecule is CCC(CC(S)S)C(CCO)=C(C)N(C)C=O.Cl. The molecule has 108 valence electrons. The van der Waals surface area contributed by atoms with Gasteiger partial charge >= 0.3 is 0 Å². The lowest BCUT2D eigenvalue weighted by atomic mass is 9.89. The molecule has 0 radical (unpaired) electrons. The fourth-order valence-corrected chi connectivity index (χ4v) is 2.43. The molecule has 0 aromatic carbocycles. The third-order valence-electron chi connectivity index (χ3n) is 3.01. The van der Waals surface area contributed by atoms with E-state index in [4.69, 9.17) is 5.11 Å². The van der Waals surface area contributed by atoms with Gasteiger partial charge in [-0.15, -0.1) is 12.4 Å². The monoisotopic (exact) mass is 313 g/mol. The molecule has 1 unspecified atom stereocenters. The van der Waals surface area contributed by atoms with Crippen molar-refractivity contribution in [1.29, 1.82) is 0 Å². The Labute approximate surface area is 127 Å². The largest absolute Gasteiger partial charge is 0.396 e. The first-order chi connectivity index (χ1) is 7.97. The second-order valence-electron chi connectivity index (χ2n) is 4.12. The maximum absolute atomic E-state index is 10.8. The topological polar surface area (TPSA) is 40.5 Å². The number of hydrogen-bond acceptors (Lipinski definition) is 4. The number of rotatable bonds is 8. The molecule has 0 aromatic heterocycles. The summed E-state index contributed by atoms with van der Waals surface area (Å²) >= 11 is 8.59. The molecule has 0 fully saturated rings. The minimum Gasteiger partial charge on any atom is -0.396 e. The van der Waals surface area contributed by atoms with Gasteiger partial charge in [0.05, 0.1) is 0 Å². The molecule has 0 aliphatic carbocycles. The zero-order valence-electron chi connectivity index (χ0n) is 11.2. The standard InChI is InChI=1S/C12H23NO2S2.ClH/c1-4-10(7-12(16)17)11(5-6-14)9(2)13(3)8-15;/h8,10,12,14,16-17H,4-7H2,1-3H3;1H. The van der Waals surface area contributed by atoms with Gasteiger partial charge in [-0.3, -0.25) is 4.79 Å². The van der Waals surface area contributed by atoms with Gasteiger partial charge < -0.3 is 10.0 Å². The molecule has 1 N–H and O–H groups in total. The first-order valence-corrected chi connectivity index (χ1v) is 6.85. The van der Waals surface area contributed by atoms with E-state index in [-0.39, 0.29) is 23.6 Å². The van der Waals surface area contributed by atoms with Crippen molar-refractivity contribution in [3.63, 3.8) is 0 Å². The molecule has 6 heteroatoms. The van der Waals surface area contributed by atoms with Crippen molar-refractivity contribution in [2.75, 3.05) is 13.7 Å². The molecule has 1 atom stereocenters. The Hall–Kier alpha value is 0.160. The van der Waals surface area contributed by atoms with Gasteiger partial charge in [0.2, 0.25) is 6.41 Å². The second kappa shape index (κ2) is 11.0. The van der Waals surface area contributed by atoms with Gasteiger partial charge in [0, 0.05) is 23.9 Å². The zero-order valence-corrected chi connectivity index (χ0v) is 13.8. The molecule has 0 heterocycles.